The van der Waals surface area contributed by atoms with Crippen LogP contribution in [-0.4, -0.2) is 30.2 Å². The molecule has 2 N–H and O–H groups in total. The Morgan fingerprint density at radius 3 is 2.22 bits per heavy atom. The van der Waals surface area contributed by atoms with Crippen LogP contribution in [0.1, 0.15) is 47.9 Å². The largest absolute Gasteiger partial charge is 0.466 e. The Balaban J connectivity index is 2.04. The van der Waals surface area contributed by atoms with Crippen LogP contribution in [0.3, 0.4) is 0 Å². The number of nitrogens with two attached hydrogens (primary N) is 1. The van der Waals surface area contributed by atoms with Gasteiger partial charge in [0.25, 0.3) is 5.56 Å². The molecule has 2 heterocycles. The summed E-state index contributed by atoms with van der Waals surface area (Å²) in [6, 6.07) is 15.2. The predicted octanol–water partition coefficient (Wildman–Crippen LogP) is 2.95. The smallest absolute Gasteiger partial charge is 0.338 e. The Bertz CT molecular complexity index is 1540. The molecule has 1 unspecified atom stereocenters. The van der Waals surface area contributed by atoms with Crippen LogP contribution in [0.4, 0.5) is 0 Å². The molecule has 0 fully saturated rings. The highest BCUT2D eigenvalue weighted by atomic mass is 32.1. The quantitative estimate of drug-likeness (QED) is 0.381. The van der Waals surface area contributed by atoms with Crippen LogP contribution >= 0.6 is 11.3 Å². The van der Waals surface area contributed by atoms with Gasteiger partial charge in [0.15, 0.2) is 0 Å². The van der Waals surface area contributed by atoms with Crippen molar-refractivity contribution in [2.75, 3.05) is 13.7 Å². The van der Waals surface area contributed by atoms with E-state index in [2.05, 4.69) is 0 Å². The van der Waals surface area contributed by atoms with Gasteiger partial charge in [-0.1, -0.05) is 73.0 Å². The zero-order valence-corrected chi connectivity index (χ0v) is 22.2. The highest BCUT2D eigenvalue weighted by Gasteiger charge is 2.39. The molecule has 0 bridgehead atoms. The average Bonchev–Trinajstić information content (AvgIpc) is 3.21. The maximum atomic E-state index is 13.6. The lowest BCUT2D eigenvalue weighted by atomic mass is 9.83. The molecule has 0 aliphatic carbocycles. The first-order valence-electron chi connectivity index (χ1n) is 12.1. The van der Waals surface area contributed by atoms with Crippen molar-refractivity contribution in [3.63, 3.8) is 0 Å². The van der Waals surface area contributed by atoms with E-state index < -0.39 is 23.4 Å². The van der Waals surface area contributed by atoms with Crippen molar-refractivity contribution in [3.8, 4) is 0 Å². The van der Waals surface area contributed by atoms with Crippen molar-refractivity contribution in [2.24, 2.45) is 5.73 Å². The van der Waals surface area contributed by atoms with Gasteiger partial charge in [-0.2, -0.15) is 0 Å². The van der Waals surface area contributed by atoms with Crippen LogP contribution in [-0.2, 0) is 19.1 Å². The van der Waals surface area contributed by atoms with Gasteiger partial charge in [0.2, 0.25) is 0 Å². The molecule has 0 spiro atoms. The molecule has 0 saturated heterocycles. The third kappa shape index (κ3) is 5.15. The number of hydrogen-bond acceptors (Lipinski definition) is 7. The Labute approximate surface area is 219 Å². The summed E-state index contributed by atoms with van der Waals surface area (Å²) in [5, 5.41) is 0. The van der Waals surface area contributed by atoms with Gasteiger partial charge in [-0.15, -0.1) is 11.3 Å². The van der Waals surface area contributed by atoms with Crippen molar-refractivity contribution < 1.29 is 19.1 Å². The molecule has 1 aromatic heterocycles. The second-order valence-corrected chi connectivity index (χ2v) is 10.0. The predicted molar refractivity (Wildman–Crippen MR) is 145 cm³/mol. The number of carbonyl (C=O) groups is 2. The number of carbonyl (C=O) groups excluding carboxylic acids is 2. The van der Waals surface area contributed by atoms with Crippen LogP contribution in [0.5, 0.6) is 0 Å². The number of hydrogen-bond donors (Lipinski definition) is 1. The Kier molecular flexibility index (Phi) is 7.78. The molecule has 3 aromatic rings. The van der Waals surface area contributed by atoms with E-state index in [1.54, 1.807) is 6.08 Å². The highest BCUT2D eigenvalue weighted by molar-refractivity contribution is 7.07. The second kappa shape index (κ2) is 11.0. The van der Waals surface area contributed by atoms with E-state index in [1.807, 2.05) is 69.3 Å². The van der Waals surface area contributed by atoms with Crippen molar-refractivity contribution >= 4 is 40.7 Å². The summed E-state index contributed by atoms with van der Waals surface area (Å²) in [4.78, 5) is 40.2. The average molecular weight is 519 g/mol. The maximum absolute atomic E-state index is 13.6. The molecule has 1 atom stereocenters. The number of thiazole rings is 1. The van der Waals surface area contributed by atoms with Crippen molar-refractivity contribution in [1.82, 2.24) is 4.57 Å². The minimum Gasteiger partial charge on any atom is -0.466 e. The summed E-state index contributed by atoms with van der Waals surface area (Å²) in [7, 11) is 1.28. The lowest BCUT2D eigenvalue weighted by molar-refractivity contribution is -0.139. The minimum absolute atomic E-state index is 0.0421. The SMILES string of the molecule is CCCCOC(=O)C1=C(N)n2c(sc(=Cc3ccc(C)cc3)c2=O)=C(C(=O)OC)C1c1ccc(C)cc1. The van der Waals surface area contributed by atoms with Crippen molar-refractivity contribution in [1.29, 1.82) is 0 Å². The van der Waals surface area contributed by atoms with Crippen LogP contribution in [0.25, 0.3) is 17.5 Å². The van der Waals surface area contributed by atoms with Crippen LogP contribution in [0.15, 0.2) is 58.9 Å². The van der Waals surface area contributed by atoms with E-state index >= 15 is 0 Å². The molecule has 0 saturated carbocycles. The third-order valence-electron chi connectivity index (χ3n) is 6.29. The fraction of sp³-hybridized carbons (Fsp3) is 0.276. The first kappa shape index (κ1) is 26.2. The maximum Gasteiger partial charge on any atom is 0.338 e. The number of methoxy groups -OCH3 is 1. The Morgan fingerprint density at radius 2 is 1.62 bits per heavy atom. The number of fused-ring (bicyclic) bond motifs is 1. The molecular formula is C29H30N2O5S. The normalized spacial score (nSPS) is 15.5. The van der Waals surface area contributed by atoms with Gasteiger partial charge in [-0.05, 0) is 37.5 Å². The summed E-state index contributed by atoms with van der Waals surface area (Å²) >= 11 is 1.14. The number of ether oxygens (including phenoxy) is 2. The molecule has 37 heavy (non-hydrogen) atoms. The van der Waals surface area contributed by atoms with E-state index in [-0.39, 0.29) is 23.6 Å². The summed E-state index contributed by atoms with van der Waals surface area (Å²) in [6.45, 7) is 6.13. The zero-order valence-electron chi connectivity index (χ0n) is 21.4. The summed E-state index contributed by atoms with van der Waals surface area (Å²) < 4.78 is 12.6. The topological polar surface area (TPSA) is 101 Å². The summed E-state index contributed by atoms with van der Waals surface area (Å²) in [6.07, 6.45) is 3.27. The van der Waals surface area contributed by atoms with Crippen LogP contribution < -0.4 is 20.5 Å². The van der Waals surface area contributed by atoms with E-state index in [0.717, 1.165) is 34.4 Å². The van der Waals surface area contributed by atoms with Gasteiger partial charge in [0.05, 0.1) is 35.3 Å². The molecule has 0 amide bonds. The molecule has 192 valence electrons. The van der Waals surface area contributed by atoms with Crippen molar-refractivity contribution in [2.45, 2.75) is 39.5 Å². The number of rotatable bonds is 7. The molecule has 0 radical (unpaired) electrons. The summed E-state index contributed by atoms with van der Waals surface area (Å²) in [5.74, 6) is -2.20. The first-order valence-corrected chi connectivity index (χ1v) is 12.9. The molecular weight excluding hydrogens is 488 g/mol. The monoisotopic (exact) mass is 518 g/mol. The lowest BCUT2D eigenvalue weighted by Crippen LogP contribution is -2.41. The molecule has 7 nitrogen and oxygen atoms in total. The van der Waals surface area contributed by atoms with Gasteiger partial charge in [0, 0.05) is 0 Å². The number of esters is 2. The number of aromatic nitrogens is 1. The van der Waals surface area contributed by atoms with E-state index in [4.69, 9.17) is 15.2 Å². The zero-order chi connectivity index (χ0) is 26.7. The minimum atomic E-state index is -0.854. The molecule has 8 heteroatoms. The fourth-order valence-corrected chi connectivity index (χ4v) is 5.41. The molecule has 1 aliphatic heterocycles. The molecule has 1 aliphatic rings. The highest BCUT2D eigenvalue weighted by Crippen LogP contribution is 2.37. The lowest BCUT2D eigenvalue weighted by Gasteiger charge is -2.27. The van der Waals surface area contributed by atoms with Crippen LogP contribution in [0, 0.1) is 13.8 Å². The number of unbranched alkanes of at least 4 members (excludes halogenated alkanes) is 1. The molecule has 2 aromatic carbocycles. The number of nitrogens with zero attached hydrogens (tertiary/aromatic N) is 1. The van der Waals surface area contributed by atoms with E-state index in [9.17, 15) is 14.4 Å². The Hall–Kier alpha value is -3.91. The van der Waals surface area contributed by atoms with Gasteiger partial charge in [-0.25, -0.2) is 9.59 Å². The van der Waals surface area contributed by atoms with Gasteiger partial charge < -0.3 is 15.2 Å². The second-order valence-electron chi connectivity index (χ2n) is 9.00. The van der Waals surface area contributed by atoms with Crippen molar-refractivity contribution in [3.05, 3.63) is 95.9 Å². The number of benzene rings is 2. The van der Waals surface area contributed by atoms with Crippen LogP contribution in [0.2, 0.25) is 0 Å². The Morgan fingerprint density at radius 1 is 1.00 bits per heavy atom. The summed E-state index contributed by atoms with van der Waals surface area (Å²) in [5.41, 5.74) is 9.99. The van der Waals surface area contributed by atoms with E-state index in [1.165, 1.54) is 11.7 Å². The van der Waals surface area contributed by atoms with E-state index in [0.29, 0.717) is 21.2 Å². The third-order valence-corrected chi connectivity index (χ3v) is 7.40. The van der Waals surface area contributed by atoms with Gasteiger partial charge >= 0.3 is 11.9 Å². The van der Waals surface area contributed by atoms with Gasteiger partial charge in [0.1, 0.15) is 10.5 Å². The standard InChI is InChI=1S/C29H30N2O5S/c1-5-6-15-36-29(34)23-22(20-13-9-18(3)10-14-20)24(28(33)35-4)27-31(25(23)30)26(32)21(37-27)16-19-11-7-17(2)8-12-19/h7-14,16,22H,5-6,15,30H2,1-4H3. The van der Waals surface area contributed by atoms with Gasteiger partial charge in [-0.3, -0.25) is 9.36 Å². The first-order chi connectivity index (χ1) is 17.8. The number of aryl methyl sites for hydroxylation is 2. The molecule has 4 rings (SSSR count). The fourth-order valence-electron chi connectivity index (χ4n) is 4.25.